The van der Waals surface area contributed by atoms with Crippen molar-refractivity contribution >= 4 is 5.97 Å². The molecule has 0 radical (unpaired) electrons. The summed E-state index contributed by atoms with van der Waals surface area (Å²) in [5, 5.41) is 0. The quantitative estimate of drug-likeness (QED) is 0.626. The smallest absolute Gasteiger partial charge is 0.323 e. The van der Waals surface area contributed by atoms with Crippen LogP contribution in [0.3, 0.4) is 0 Å². The van der Waals surface area contributed by atoms with Crippen LogP contribution in [0.5, 0.6) is 0 Å². The summed E-state index contributed by atoms with van der Waals surface area (Å²) >= 11 is 0. The fourth-order valence-corrected chi connectivity index (χ4v) is 0.833. The van der Waals surface area contributed by atoms with E-state index in [2.05, 4.69) is 0 Å². The molecule has 1 unspecified atom stereocenters. The highest BCUT2D eigenvalue weighted by Gasteiger charge is 2.21. The summed E-state index contributed by atoms with van der Waals surface area (Å²) in [5.74, 6) is -0.346. The number of hydrogen-bond donors (Lipinski definition) is 2. The topological polar surface area (TPSA) is 78.3 Å². The first-order valence-electron chi connectivity index (χ1n) is 4.55. The third kappa shape index (κ3) is 6.54. The molecule has 0 aromatic heterocycles. The summed E-state index contributed by atoms with van der Waals surface area (Å²) in [7, 11) is 0. The highest BCUT2D eigenvalue weighted by atomic mass is 16.6. The number of nitrogens with two attached hydrogens (primary N) is 2. The number of hydrogen-bond acceptors (Lipinski definition) is 4. The van der Waals surface area contributed by atoms with Crippen LogP contribution in [0.25, 0.3) is 0 Å². The lowest BCUT2D eigenvalue weighted by Gasteiger charge is -2.21. The van der Waals surface area contributed by atoms with Gasteiger partial charge in [-0.15, -0.1) is 0 Å². The van der Waals surface area contributed by atoms with Gasteiger partial charge in [0, 0.05) is 0 Å². The molecule has 0 spiro atoms. The maximum Gasteiger partial charge on any atom is 0.323 e. The summed E-state index contributed by atoms with van der Waals surface area (Å²) in [6.07, 6.45) is 1.34. The summed E-state index contributed by atoms with van der Waals surface area (Å²) < 4.78 is 5.09. The third-order valence-electron chi connectivity index (χ3n) is 1.43. The minimum atomic E-state index is -0.539. The van der Waals surface area contributed by atoms with Crippen LogP contribution in [0.2, 0.25) is 0 Å². The van der Waals surface area contributed by atoms with E-state index in [-0.39, 0.29) is 5.97 Å². The van der Waals surface area contributed by atoms with E-state index < -0.39 is 11.6 Å². The van der Waals surface area contributed by atoms with Gasteiger partial charge in [-0.2, -0.15) is 0 Å². The normalized spacial score (nSPS) is 13.9. The van der Waals surface area contributed by atoms with E-state index in [1.807, 2.05) is 20.8 Å². The molecular weight excluding hydrogens is 168 g/mol. The first-order valence-corrected chi connectivity index (χ1v) is 4.55. The Morgan fingerprint density at radius 3 is 2.38 bits per heavy atom. The van der Waals surface area contributed by atoms with Crippen molar-refractivity contribution in [3.05, 3.63) is 0 Å². The van der Waals surface area contributed by atoms with Gasteiger partial charge in [-0.1, -0.05) is 0 Å². The molecule has 0 rings (SSSR count). The van der Waals surface area contributed by atoms with Crippen LogP contribution in [0.4, 0.5) is 0 Å². The lowest BCUT2D eigenvalue weighted by Crippen LogP contribution is -2.37. The molecule has 0 bridgehead atoms. The largest absolute Gasteiger partial charge is 0.459 e. The van der Waals surface area contributed by atoms with Gasteiger partial charge in [-0.25, -0.2) is 0 Å². The minimum Gasteiger partial charge on any atom is -0.459 e. The van der Waals surface area contributed by atoms with Gasteiger partial charge in [0.2, 0.25) is 0 Å². The first kappa shape index (κ1) is 12.4. The first-order chi connectivity index (χ1) is 5.87. The average molecular weight is 188 g/mol. The van der Waals surface area contributed by atoms with E-state index in [0.29, 0.717) is 13.0 Å². The zero-order valence-electron chi connectivity index (χ0n) is 8.67. The Hall–Kier alpha value is -0.610. The Labute approximate surface area is 79.6 Å². The van der Waals surface area contributed by atoms with Gasteiger partial charge >= 0.3 is 5.97 Å². The third-order valence-corrected chi connectivity index (χ3v) is 1.43. The Kier molecular flexibility index (Phi) is 4.95. The summed E-state index contributed by atoms with van der Waals surface area (Å²) in [4.78, 5) is 11.3. The van der Waals surface area contributed by atoms with Crippen LogP contribution < -0.4 is 11.5 Å². The Morgan fingerprint density at radius 2 is 2.00 bits per heavy atom. The van der Waals surface area contributed by atoms with Crippen LogP contribution in [0.1, 0.15) is 33.6 Å². The van der Waals surface area contributed by atoms with Crippen LogP contribution in [0.15, 0.2) is 0 Å². The van der Waals surface area contributed by atoms with Crippen molar-refractivity contribution in [3.8, 4) is 0 Å². The Balaban J connectivity index is 3.83. The second kappa shape index (κ2) is 5.19. The van der Waals surface area contributed by atoms with Gasteiger partial charge < -0.3 is 16.2 Å². The number of rotatable bonds is 4. The van der Waals surface area contributed by atoms with Crippen molar-refractivity contribution in [2.24, 2.45) is 11.5 Å². The van der Waals surface area contributed by atoms with Crippen molar-refractivity contribution in [3.63, 3.8) is 0 Å². The number of carbonyl (C=O) groups is 1. The van der Waals surface area contributed by atoms with Crippen LogP contribution in [-0.2, 0) is 9.53 Å². The van der Waals surface area contributed by atoms with E-state index in [0.717, 1.165) is 6.42 Å². The lowest BCUT2D eigenvalue weighted by atomic mass is 10.1. The predicted octanol–water partition coefficient (Wildman–Crippen LogP) is 0.394. The van der Waals surface area contributed by atoms with E-state index in [1.165, 1.54) is 0 Å². The second-order valence-electron chi connectivity index (χ2n) is 4.07. The molecule has 1 atom stereocenters. The monoisotopic (exact) mass is 188 g/mol. The molecule has 78 valence electrons. The van der Waals surface area contributed by atoms with Gasteiger partial charge in [0.15, 0.2) is 0 Å². The SMILES string of the molecule is CC(C)(C)OC(=O)C(N)CCCN. The summed E-state index contributed by atoms with van der Waals surface area (Å²) in [6, 6.07) is -0.539. The molecule has 13 heavy (non-hydrogen) atoms. The van der Waals surface area contributed by atoms with Gasteiger partial charge in [0.05, 0.1) is 0 Å². The molecule has 0 heterocycles. The molecule has 4 nitrogen and oxygen atoms in total. The molecule has 4 N–H and O–H groups in total. The maximum absolute atomic E-state index is 11.3. The van der Waals surface area contributed by atoms with Crippen molar-refractivity contribution in [1.82, 2.24) is 0 Å². The lowest BCUT2D eigenvalue weighted by molar-refractivity contribution is -0.156. The fourth-order valence-electron chi connectivity index (χ4n) is 0.833. The highest BCUT2D eigenvalue weighted by molar-refractivity contribution is 5.75. The predicted molar refractivity (Wildman–Crippen MR) is 52.1 cm³/mol. The van der Waals surface area contributed by atoms with Crippen molar-refractivity contribution in [2.45, 2.75) is 45.3 Å². The van der Waals surface area contributed by atoms with Crippen molar-refractivity contribution in [2.75, 3.05) is 6.54 Å². The van der Waals surface area contributed by atoms with E-state index >= 15 is 0 Å². The summed E-state index contributed by atoms with van der Waals surface area (Å²) in [5.41, 5.74) is 10.4. The molecular formula is C9H20N2O2. The summed E-state index contributed by atoms with van der Waals surface area (Å²) in [6.45, 7) is 6.01. The second-order valence-corrected chi connectivity index (χ2v) is 4.07. The standard InChI is InChI=1S/C9H20N2O2/c1-9(2,3)13-8(12)7(11)5-4-6-10/h7H,4-6,10-11H2,1-3H3. The fraction of sp³-hybridized carbons (Fsp3) is 0.889. The Morgan fingerprint density at radius 1 is 1.46 bits per heavy atom. The zero-order valence-corrected chi connectivity index (χ0v) is 8.67. The molecule has 0 amide bonds. The molecule has 0 aliphatic carbocycles. The highest BCUT2D eigenvalue weighted by Crippen LogP contribution is 2.09. The van der Waals surface area contributed by atoms with E-state index in [4.69, 9.17) is 16.2 Å². The molecule has 0 aliphatic rings. The maximum atomic E-state index is 11.3. The number of carbonyl (C=O) groups excluding carboxylic acids is 1. The molecule has 0 fully saturated rings. The van der Waals surface area contributed by atoms with E-state index in [9.17, 15) is 4.79 Å². The van der Waals surface area contributed by atoms with E-state index in [1.54, 1.807) is 0 Å². The van der Waals surface area contributed by atoms with Gasteiger partial charge in [-0.3, -0.25) is 4.79 Å². The van der Waals surface area contributed by atoms with Crippen molar-refractivity contribution in [1.29, 1.82) is 0 Å². The molecule has 0 saturated heterocycles. The average Bonchev–Trinajstić information content (AvgIpc) is 1.96. The van der Waals surface area contributed by atoms with Gasteiger partial charge in [0.1, 0.15) is 11.6 Å². The van der Waals surface area contributed by atoms with Crippen LogP contribution >= 0.6 is 0 Å². The number of ether oxygens (including phenoxy) is 1. The Bertz CT molecular complexity index is 163. The van der Waals surface area contributed by atoms with Gasteiger partial charge in [0.25, 0.3) is 0 Å². The molecule has 0 aliphatic heterocycles. The minimum absolute atomic E-state index is 0.346. The number of esters is 1. The van der Waals surface area contributed by atoms with Gasteiger partial charge in [-0.05, 0) is 40.2 Å². The molecule has 4 heteroatoms. The molecule has 0 aromatic carbocycles. The van der Waals surface area contributed by atoms with Crippen molar-refractivity contribution < 1.29 is 9.53 Å². The van der Waals surface area contributed by atoms with Crippen LogP contribution in [-0.4, -0.2) is 24.2 Å². The molecule has 0 saturated carbocycles. The molecule has 0 aromatic rings. The zero-order chi connectivity index (χ0) is 10.5. The van der Waals surface area contributed by atoms with Crippen LogP contribution in [0, 0.1) is 0 Å².